The number of aliphatic hydroxyl groups is 1. The molecule has 1 saturated carbocycles. The van der Waals surface area contributed by atoms with E-state index in [-0.39, 0.29) is 23.0 Å². The Hall–Kier alpha value is -3.08. The fourth-order valence-corrected chi connectivity index (χ4v) is 4.77. The van der Waals surface area contributed by atoms with Crippen molar-refractivity contribution < 1.29 is 24.2 Å². The van der Waals surface area contributed by atoms with Crippen LogP contribution in [0, 0.1) is 11.8 Å². The summed E-state index contributed by atoms with van der Waals surface area (Å²) in [5.74, 6) is -0.407. The van der Waals surface area contributed by atoms with Crippen molar-refractivity contribution in [2.45, 2.75) is 64.6 Å². The maximum atomic E-state index is 12.8. The van der Waals surface area contributed by atoms with E-state index in [1.165, 1.54) is 19.3 Å². The zero-order chi connectivity index (χ0) is 23.2. The van der Waals surface area contributed by atoms with Crippen molar-refractivity contribution in [1.29, 1.82) is 0 Å². The molecule has 2 aliphatic rings. The lowest BCUT2D eigenvalue weighted by Crippen LogP contribution is -2.22. The maximum absolute atomic E-state index is 12.8. The van der Waals surface area contributed by atoms with Crippen LogP contribution in [-0.2, 0) is 27.4 Å². The van der Waals surface area contributed by atoms with E-state index in [9.17, 15) is 14.7 Å². The lowest BCUT2D eigenvalue weighted by molar-refractivity contribution is -0.141. The van der Waals surface area contributed by atoms with Crippen molar-refractivity contribution in [2.75, 3.05) is 0 Å². The Balaban J connectivity index is 1.35. The number of Topliss-reactive ketones (excluding diaryl/α,β-unsaturated/α-hetero) is 1. The quantitative estimate of drug-likeness (QED) is 0.242. The average Bonchev–Trinajstić information content (AvgIpc) is 3.12. The number of benzene rings is 2. The van der Waals surface area contributed by atoms with Gasteiger partial charge in [0.15, 0.2) is 6.10 Å². The minimum absolute atomic E-state index is 0.161. The Bertz CT molecular complexity index is 987. The number of rotatable bonds is 8. The highest BCUT2D eigenvalue weighted by molar-refractivity contribution is 6.23. The summed E-state index contributed by atoms with van der Waals surface area (Å²) in [6.07, 6.45) is 6.05. The Morgan fingerprint density at radius 1 is 1.00 bits per heavy atom. The van der Waals surface area contributed by atoms with Crippen LogP contribution in [0.25, 0.3) is 0 Å². The van der Waals surface area contributed by atoms with E-state index in [4.69, 9.17) is 9.47 Å². The van der Waals surface area contributed by atoms with Gasteiger partial charge in [0.05, 0.1) is 0 Å². The molecule has 0 spiro atoms. The highest BCUT2D eigenvalue weighted by Crippen LogP contribution is 2.33. The molecule has 5 heteroatoms. The molecular weight excluding hydrogens is 416 g/mol. The number of carbonyl (C=O) groups is 2. The third-order valence-electron chi connectivity index (χ3n) is 6.70. The minimum atomic E-state index is -0.744. The van der Waals surface area contributed by atoms with E-state index in [0.29, 0.717) is 25.4 Å². The number of hydrogen-bond donors (Lipinski definition) is 1. The fourth-order valence-electron chi connectivity index (χ4n) is 4.77. The van der Waals surface area contributed by atoms with E-state index in [1.807, 2.05) is 61.5 Å². The normalized spacial score (nSPS) is 21.5. The van der Waals surface area contributed by atoms with Crippen LogP contribution in [-0.4, -0.2) is 23.0 Å². The molecule has 0 aromatic heterocycles. The zero-order valence-corrected chi connectivity index (χ0v) is 19.2. The lowest BCUT2D eigenvalue weighted by Gasteiger charge is -2.22. The summed E-state index contributed by atoms with van der Waals surface area (Å²) in [5, 5.41) is 10.7. The fraction of sp³-hybridized carbons (Fsp3) is 0.429. The molecular formula is C28H32O5. The summed E-state index contributed by atoms with van der Waals surface area (Å²) >= 11 is 0. The third-order valence-corrected chi connectivity index (χ3v) is 6.70. The molecule has 1 aliphatic carbocycles. The number of hydrogen-bond acceptors (Lipinski definition) is 5. The molecule has 2 unspecified atom stereocenters. The van der Waals surface area contributed by atoms with Gasteiger partial charge in [0.25, 0.3) is 0 Å². The zero-order valence-electron chi connectivity index (χ0n) is 19.2. The molecule has 4 rings (SSSR count). The first kappa shape index (κ1) is 23.1. The van der Waals surface area contributed by atoms with Crippen LogP contribution in [0.5, 0.6) is 5.75 Å². The van der Waals surface area contributed by atoms with E-state index < -0.39 is 12.1 Å². The summed E-state index contributed by atoms with van der Waals surface area (Å²) in [5.41, 5.74) is 1.92. The Morgan fingerprint density at radius 3 is 2.39 bits per heavy atom. The third kappa shape index (κ3) is 5.84. The predicted octanol–water partition coefficient (Wildman–Crippen LogP) is 5.72. The average molecular weight is 449 g/mol. The van der Waals surface area contributed by atoms with Crippen molar-refractivity contribution in [2.24, 2.45) is 11.8 Å². The van der Waals surface area contributed by atoms with Gasteiger partial charge in [-0.2, -0.15) is 0 Å². The molecule has 1 saturated heterocycles. The van der Waals surface area contributed by atoms with Gasteiger partial charge in [-0.1, -0.05) is 81.5 Å². The topological polar surface area (TPSA) is 72.8 Å². The van der Waals surface area contributed by atoms with Crippen molar-refractivity contribution >= 4 is 11.8 Å². The Kier molecular flexibility index (Phi) is 7.48. The van der Waals surface area contributed by atoms with Gasteiger partial charge >= 0.3 is 5.97 Å². The van der Waals surface area contributed by atoms with Gasteiger partial charge in [0.1, 0.15) is 23.7 Å². The van der Waals surface area contributed by atoms with Crippen LogP contribution in [0.3, 0.4) is 0 Å². The Labute approximate surface area is 195 Å². The first-order valence-corrected chi connectivity index (χ1v) is 11.9. The van der Waals surface area contributed by atoms with Crippen LogP contribution >= 0.6 is 0 Å². The van der Waals surface area contributed by atoms with E-state index >= 15 is 0 Å². The molecule has 1 aliphatic heterocycles. The van der Waals surface area contributed by atoms with Crippen molar-refractivity contribution in [3.05, 3.63) is 77.1 Å². The van der Waals surface area contributed by atoms with Crippen LogP contribution < -0.4 is 4.74 Å². The van der Waals surface area contributed by atoms with Crippen LogP contribution in [0.2, 0.25) is 0 Å². The van der Waals surface area contributed by atoms with Gasteiger partial charge in [-0.15, -0.1) is 0 Å². The monoisotopic (exact) mass is 448 g/mol. The van der Waals surface area contributed by atoms with Crippen LogP contribution in [0.4, 0.5) is 0 Å². The predicted molar refractivity (Wildman–Crippen MR) is 126 cm³/mol. The molecule has 33 heavy (non-hydrogen) atoms. The van der Waals surface area contributed by atoms with Gasteiger partial charge in [0, 0.05) is 5.92 Å². The first-order chi connectivity index (χ1) is 16.0. The molecule has 1 N–H and O–H groups in total. The van der Waals surface area contributed by atoms with Crippen molar-refractivity contribution in [1.82, 2.24) is 0 Å². The highest BCUT2D eigenvalue weighted by Gasteiger charge is 2.42. The SMILES string of the molecule is CC(Cc1ccc(OCc2ccccc2)cc1)/C(O)=C1\C(=O)OC(CC2CCCCC2)C1=O. The number of esters is 1. The Morgan fingerprint density at radius 2 is 1.70 bits per heavy atom. The maximum Gasteiger partial charge on any atom is 0.346 e. The van der Waals surface area contributed by atoms with Crippen molar-refractivity contribution in [3.8, 4) is 5.75 Å². The number of cyclic esters (lactones) is 1. The second-order valence-corrected chi connectivity index (χ2v) is 9.28. The van der Waals surface area contributed by atoms with Gasteiger partial charge in [-0.25, -0.2) is 4.79 Å². The highest BCUT2D eigenvalue weighted by atomic mass is 16.6. The molecule has 0 radical (unpaired) electrons. The largest absolute Gasteiger partial charge is 0.511 e. The number of allylic oxidation sites excluding steroid dienone is 1. The minimum Gasteiger partial charge on any atom is -0.511 e. The van der Waals surface area contributed by atoms with Gasteiger partial charge < -0.3 is 14.6 Å². The summed E-state index contributed by atoms with van der Waals surface area (Å²) in [7, 11) is 0. The molecule has 2 atom stereocenters. The molecule has 5 nitrogen and oxygen atoms in total. The number of carbonyl (C=O) groups excluding carboxylic acids is 2. The van der Waals surface area contributed by atoms with E-state index in [1.54, 1.807) is 0 Å². The van der Waals surface area contributed by atoms with E-state index in [2.05, 4.69) is 0 Å². The molecule has 0 bridgehead atoms. The standard InChI is InChI=1S/C28H32O5/c1-19(16-21-12-14-23(15-13-21)32-18-22-10-6-3-7-11-22)26(29)25-27(30)24(33-28(25)31)17-20-8-4-2-5-9-20/h3,6-7,10-15,19-20,24,29H,2,4-5,8-9,16-18H2,1H3/b26-25+. The van der Waals surface area contributed by atoms with Crippen LogP contribution in [0.15, 0.2) is 65.9 Å². The van der Waals surface area contributed by atoms with Gasteiger partial charge in [0.2, 0.25) is 5.78 Å². The lowest BCUT2D eigenvalue weighted by atomic mass is 9.84. The molecule has 2 aromatic rings. The summed E-state index contributed by atoms with van der Waals surface area (Å²) < 4.78 is 11.2. The van der Waals surface area contributed by atoms with E-state index in [0.717, 1.165) is 29.7 Å². The molecule has 1 heterocycles. The molecule has 174 valence electrons. The van der Waals surface area contributed by atoms with Gasteiger partial charge in [-0.3, -0.25) is 4.79 Å². The van der Waals surface area contributed by atoms with Gasteiger partial charge in [-0.05, 0) is 42.0 Å². The van der Waals surface area contributed by atoms with Crippen LogP contribution in [0.1, 0.15) is 56.6 Å². The molecule has 2 aromatic carbocycles. The number of ketones is 1. The first-order valence-electron chi connectivity index (χ1n) is 11.9. The second-order valence-electron chi connectivity index (χ2n) is 9.28. The summed E-state index contributed by atoms with van der Waals surface area (Å²) in [6, 6.07) is 17.6. The second kappa shape index (κ2) is 10.7. The molecule has 0 amide bonds. The smallest absolute Gasteiger partial charge is 0.346 e. The number of aliphatic hydroxyl groups excluding tert-OH is 1. The number of ether oxygens (including phenoxy) is 2. The summed E-state index contributed by atoms with van der Waals surface area (Å²) in [6.45, 7) is 2.31. The summed E-state index contributed by atoms with van der Waals surface area (Å²) in [4.78, 5) is 25.2. The van der Waals surface area contributed by atoms with Crippen molar-refractivity contribution in [3.63, 3.8) is 0 Å². The molecule has 2 fully saturated rings.